The molecule has 5 heteroatoms. The van der Waals surface area contributed by atoms with Crippen molar-refractivity contribution in [2.75, 3.05) is 5.73 Å². The van der Waals surface area contributed by atoms with Gasteiger partial charge in [0.2, 0.25) is 0 Å². The highest BCUT2D eigenvalue weighted by atomic mass is 79.9. The largest absolute Gasteiger partial charge is 0.396 e. The molecule has 0 amide bonds. The van der Waals surface area contributed by atoms with Crippen LogP contribution in [0.3, 0.4) is 0 Å². The summed E-state index contributed by atoms with van der Waals surface area (Å²) >= 11 is 3.12. The van der Waals surface area contributed by atoms with Gasteiger partial charge in [-0.25, -0.2) is 4.68 Å². The van der Waals surface area contributed by atoms with Gasteiger partial charge in [0, 0.05) is 0 Å². The Kier molecular flexibility index (Phi) is 2.47. The number of rotatable bonds is 0. The number of anilines is 1. The second-order valence-corrected chi connectivity index (χ2v) is 4.59. The normalized spacial score (nSPS) is 11.7. The monoisotopic (exact) mass is 245 g/mol. The lowest BCUT2D eigenvalue weighted by molar-refractivity contribution is 0.337. The Morgan fingerprint density at radius 2 is 2.08 bits per heavy atom. The molecule has 0 aromatic carbocycles. The fourth-order valence-electron chi connectivity index (χ4n) is 0.923. The average molecular weight is 246 g/mol. The van der Waals surface area contributed by atoms with Gasteiger partial charge in [0.25, 0.3) is 5.56 Å². The van der Waals surface area contributed by atoms with E-state index in [2.05, 4.69) is 21.0 Å². The quantitative estimate of drug-likeness (QED) is 0.751. The lowest BCUT2D eigenvalue weighted by Crippen LogP contribution is -2.36. The molecule has 0 unspecified atom stereocenters. The minimum Gasteiger partial charge on any atom is -0.396 e. The van der Waals surface area contributed by atoms with E-state index >= 15 is 0 Å². The zero-order valence-corrected chi connectivity index (χ0v) is 9.42. The van der Waals surface area contributed by atoms with Crippen molar-refractivity contribution < 1.29 is 0 Å². The zero-order chi connectivity index (χ0) is 10.2. The third-order valence-corrected chi connectivity index (χ3v) is 2.38. The van der Waals surface area contributed by atoms with E-state index in [1.165, 1.54) is 10.9 Å². The minimum absolute atomic E-state index is 0.201. The van der Waals surface area contributed by atoms with Crippen molar-refractivity contribution >= 4 is 21.6 Å². The minimum atomic E-state index is -0.326. The van der Waals surface area contributed by atoms with Crippen LogP contribution in [0, 0.1) is 0 Å². The van der Waals surface area contributed by atoms with Crippen molar-refractivity contribution in [3.8, 4) is 0 Å². The van der Waals surface area contributed by atoms with E-state index in [0.717, 1.165) is 0 Å². The Balaban J connectivity index is 3.44. The topological polar surface area (TPSA) is 60.9 Å². The van der Waals surface area contributed by atoms with Crippen molar-refractivity contribution in [2.45, 2.75) is 26.3 Å². The van der Waals surface area contributed by atoms with E-state index < -0.39 is 0 Å². The van der Waals surface area contributed by atoms with Crippen LogP contribution < -0.4 is 11.3 Å². The molecule has 2 N–H and O–H groups in total. The molecule has 1 heterocycles. The van der Waals surface area contributed by atoms with Crippen LogP contribution in [0.4, 0.5) is 5.69 Å². The summed E-state index contributed by atoms with van der Waals surface area (Å²) in [5, 5.41) is 3.96. The van der Waals surface area contributed by atoms with Crippen molar-refractivity contribution in [1.29, 1.82) is 0 Å². The van der Waals surface area contributed by atoms with Gasteiger partial charge in [-0.15, -0.1) is 0 Å². The average Bonchev–Trinajstić information content (AvgIpc) is 1.98. The molecule has 1 aromatic heterocycles. The maximum Gasteiger partial charge on any atom is 0.283 e. The third kappa shape index (κ3) is 1.91. The molecular weight excluding hydrogens is 234 g/mol. The molecule has 13 heavy (non-hydrogen) atoms. The number of hydrogen-bond donors (Lipinski definition) is 1. The highest BCUT2D eigenvalue weighted by Crippen LogP contribution is 2.15. The molecular formula is C8H12BrN3O. The van der Waals surface area contributed by atoms with Gasteiger partial charge in [0.15, 0.2) is 0 Å². The lowest BCUT2D eigenvalue weighted by atomic mass is 10.1. The van der Waals surface area contributed by atoms with E-state index in [9.17, 15) is 4.79 Å². The predicted molar refractivity (Wildman–Crippen MR) is 55.6 cm³/mol. The van der Waals surface area contributed by atoms with E-state index in [0.29, 0.717) is 10.2 Å². The number of nitrogen functional groups attached to an aromatic ring is 1. The van der Waals surface area contributed by atoms with Gasteiger partial charge in [-0.2, -0.15) is 5.10 Å². The van der Waals surface area contributed by atoms with Crippen LogP contribution in [0.1, 0.15) is 20.8 Å². The SMILES string of the molecule is CC(C)(C)n1ncc(N)c(Br)c1=O. The van der Waals surface area contributed by atoms with Crippen molar-refractivity contribution in [3.05, 3.63) is 21.0 Å². The van der Waals surface area contributed by atoms with Crippen LogP contribution in [0.25, 0.3) is 0 Å². The Bertz CT molecular complexity index is 378. The van der Waals surface area contributed by atoms with Gasteiger partial charge < -0.3 is 5.73 Å². The summed E-state index contributed by atoms with van der Waals surface area (Å²) in [5.74, 6) is 0. The van der Waals surface area contributed by atoms with E-state index in [-0.39, 0.29) is 11.1 Å². The molecule has 0 aliphatic rings. The third-order valence-electron chi connectivity index (χ3n) is 1.58. The summed E-state index contributed by atoms with van der Waals surface area (Å²) in [5.41, 5.74) is 5.35. The first-order chi connectivity index (χ1) is 5.84. The standard InChI is InChI=1S/C8H12BrN3O/c1-8(2,3)12-7(13)6(9)5(10)4-11-12/h4H,10H2,1-3H3. The van der Waals surface area contributed by atoms with Crippen molar-refractivity contribution in [1.82, 2.24) is 9.78 Å². The van der Waals surface area contributed by atoms with E-state index in [4.69, 9.17) is 5.73 Å². The van der Waals surface area contributed by atoms with E-state index in [1.54, 1.807) is 0 Å². The molecule has 0 radical (unpaired) electrons. The van der Waals surface area contributed by atoms with Gasteiger partial charge in [-0.05, 0) is 36.7 Å². The predicted octanol–water partition coefficient (Wildman–Crippen LogP) is 1.34. The molecule has 72 valence electrons. The number of aromatic nitrogens is 2. The summed E-state index contributed by atoms with van der Waals surface area (Å²) in [6.07, 6.45) is 1.47. The number of halogens is 1. The van der Waals surface area contributed by atoms with Crippen molar-refractivity contribution in [2.24, 2.45) is 0 Å². The van der Waals surface area contributed by atoms with Crippen LogP contribution in [-0.2, 0) is 5.54 Å². The molecule has 0 saturated carbocycles. The molecule has 0 aliphatic carbocycles. The highest BCUT2D eigenvalue weighted by molar-refractivity contribution is 9.10. The summed E-state index contributed by atoms with van der Waals surface area (Å²) < 4.78 is 1.77. The number of nitrogens with two attached hydrogens (primary N) is 1. The Morgan fingerprint density at radius 3 is 2.54 bits per heavy atom. The first-order valence-electron chi connectivity index (χ1n) is 3.88. The summed E-state index contributed by atoms with van der Waals surface area (Å²) in [6.45, 7) is 5.72. The molecule has 4 nitrogen and oxygen atoms in total. The maximum atomic E-state index is 11.6. The molecule has 0 fully saturated rings. The fourth-order valence-corrected chi connectivity index (χ4v) is 1.19. The highest BCUT2D eigenvalue weighted by Gasteiger charge is 2.17. The zero-order valence-electron chi connectivity index (χ0n) is 7.84. The first-order valence-corrected chi connectivity index (χ1v) is 4.67. The molecule has 0 atom stereocenters. The molecule has 0 spiro atoms. The van der Waals surface area contributed by atoms with Crippen LogP contribution in [-0.4, -0.2) is 9.78 Å². The smallest absolute Gasteiger partial charge is 0.283 e. The van der Waals surface area contributed by atoms with Crippen LogP contribution in [0.2, 0.25) is 0 Å². The van der Waals surface area contributed by atoms with Crippen LogP contribution >= 0.6 is 15.9 Å². The molecule has 1 rings (SSSR count). The summed E-state index contributed by atoms with van der Waals surface area (Å²) in [7, 11) is 0. The maximum absolute atomic E-state index is 11.6. The van der Waals surface area contributed by atoms with Gasteiger partial charge in [-0.3, -0.25) is 4.79 Å². The van der Waals surface area contributed by atoms with Gasteiger partial charge in [-0.1, -0.05) is 0 Å². The van der Waals surface area contributed by atoms with Crippen molar-refractivity contribution in [3.63, 3.8) is 0 Å². The second kappa shape index (κ2) is 3.14. The molecule has 1 aromatic rings. The Hall–Kier alpha value is -0.840. The lowest BCUT2D eigenvalue weighted by Gasteiger charge is -2.20. The first kappa shape index (κ1) is 10.2. The molecule has 0 saturated heterocycles. The number of nitrogens with zero attached hydrogens (tertiary/aromatic N) is 2. The number of hydrogen-bond acceptors (Lipinski definition) is 3. The van der Waals surface area contributed by atoms with Gasteiger partial charge in [0.1, 0.15) is 4.47 Å². The fraction of sp³-hybridized carbons (Fsp3) is 0.500. The summed E-state index contributed by atoms with van der Waals surface area (Å²) in [4.78, 5) is 11.6. The Morgan fingerprint density at radius 1 is 1.54 bits per heavy atom. The molecule has 0 bridgehead atoms. The molecule has 0 aliphatic heterocycles. The summed E-state index contributed by atoms with van der Waals surface area (Å²) in [6, 6.07) is 0. The van der Waals surface area contributed by atoms with Crippen LogP contribution in [0.5, 0.6) is 0 Å². The Labute approximate surface area is 84.9 Å². The van der Waals surface area contributed by atoms with Gasteiger partial charge in [0.05, 0.1) is 17.4 Å². The second-order valence-electron chi connectivity index (χ2n) is 3.80. The van der Waals surface area contributed by atoms with E-state index in [1.807, 2.05) is 20.8 Å². The van der Waals surface area contributed by atoms with Crippen LogP contribution in [0.15, 0.2) is 15.5 Å². The van der Waals surface area contributed by atoms with Gasteiger partial charge >= 0.3 is 0 Å².